The van der Waals surface area contributed by atoms with E-state index in [4.69, 9.17) is 0 Å². The Morgan fingerprint density at radius 3 is 2.48 bits per heavy atom. The van der Waals surface area contributed by atoms with Crippen LogP contribution in [0, 0.1) is 0 Å². The molecule has 0 aliphatic rings. The third-order valence-electron chi connectivity index (χ3n) is 4.27. The van der Waals surface area contributed by atoms with Crippen molar-refractivity contribution >= 4 is 5.91 Å². The van der Waals surface area contributed by atoms with E-state index in [9.17, 15) is 9.59 Å². The number of likely N-dealkylation sites (N-methyl/N-ethyl adjacent to an activating group) is 1. The number of hydrogen-bond acceptors (Lipinski definition) is 4. The van der Waals surface area contributed by atoms with Crippen molar-refractivity contribution in [2.45, 2.75) is 33.4 Å². The number of rotatable bonds is 8. The molecule has 2 rings (SSSR count). The van der Waals surface area contributed by atoms with E-state index < -0.39 is 0 Å². The summed E-state index contributed by atoms with van der Waals surface area (Å²) in [5.41, 5.74) is 0.990. The van der Waals surface area contributed by atoms with Crippen molar-refractivity contribution < 1.29 is 4.79 Å². The summed E-state index contributed by atoms with van der Waals surface area (Å²) < 4.78 is 1.32. The maximum Gasteiger partial charge on any atom is 0.271 e. The summed E-state index contributed by atoms with van der Waals surface area (Å²) in [6, 6.07) is 12.7. The van der Waals surface area contributed by atoms with Crippen molar-refractivity contribution in [2.24, 2.45) is 0 Å². The summed E-state index contributed by atoms with van der Waals surface area (Å²) in [4.78, 5) is 26.6. The van der Waals surface area contributed by atoms with Crippen LogP contribution < -0.4 is 10.9 Å². The predicted octanol–water partition coefficient (Wildman–Crippen LogP) is 1.75. The number of amides is 1. The Hall–Kier alpha value is -2.47. The van der Waals surface area contributed by atoms with Gasteiger partial charge in [-0.3, -0.25) is 14.5 Å². The van der Waals surface area contributed by atoms with Gasteiger partial charge in [-0.05, 0) is 31.6 Å². The molecule has 134 valence electrons. The second-order valence-corrected chi connectivity index (χ2v) is 5.98. The minimum absolute atomic E-state index is 0.225. The van der Waals surface area contributed by atoms with E-state index in [0.717, 1.165) is 18.7 Å². The van der Waals surface area contributed by atoms with Crippen molar-refractivity contribution in [2.75, 3.05) is 19.6 Å². The molecule has 1 N–H and O–H groups in total. The second kappa shape index (κ2) is 9.13. The highest BCUT2D eigenvalue weighted by molar-refractivity contribution is 5.92. The van der Waals surface area contributed by atoms with Crippen LogP contribution in [-0.4, -0.2) is 46.3 Å². The Kier molecular flexibility index (Phi) is 6.89. The number of nitrogens with zero attached hydrogens (tertiary/aromatic N) is 3. The average molecular weight is 342 g/mol. The molecule has 6 nitrogen and oxygen atoms in total. The molecule has 1 atom stereocenters. The highest BCUT2D eigenvalue weighted by Crippen LogP contribution is 2.01. The molecule has 0 fully saturated rings. The fraction of sp³-hybridized carbons (Fsp3) is 0.421. The molecule has 1 aromatic heterocycles. The lowest BCUT2D eigenvalue weighted by molar-refractivity contribution is 0.0930. The van der Waals surface area contributed by atoms with Crippen LogP contribution in [0.4, 0.5) is 0 Å². The van der Waals surface area contributed by atoms with Crippen LogP contribution in [0.1, 0.15) is 36.8 Å². The van der Waals surface area contributed by atoms with Crippen LogP contribution in [0.2, 0.25) is 0 Å². The van der Waals surface area contributed by atoms with Gasteiger partial charge in [-0.2, -0.15) is 5.10 Å². The molecule has 0 aliphatic carbocycles. The minimum atomic E-state index is -0.263. The highest BCUT2D eigenvalue weighted by atomic mass is 16.2. The molecule has 0 saturated heterocycles. The molecule has 0 radical (unpaired) electrons. The van der Waals surface area contributed by atoms with Gasteiger partial charge in [0.25, 0.3) is 11.5 Å². The molecule has 1 amide bonds. The van der Waals surface area contributed by atoms with Crippen molar-refractivity contribution in [1.29, 1.82) is 0 Å². The topological polar surface area (TPSA) is 67.2 Å². The number of carbonyl (C=O) groups is 1. The van der Waals surface area contributed by atoms with Crippen molar-refractivity contribution in [3.63, 3.8) is 0 Å². The van der Waals surface area contributed by atoms with Gasteiger partial charge in [-0.1, -0.05) is 44.2 Å². The molecule has 0 spiro atoms. The summed E-state index contributed by atoms with van der Waals surface area (Å²) in [6.45, 7) is 9.04. The number of carbonyl (C=O) groups excluding carboxylic acids is 1. The zero-order valence-corrected chi connectivity index (χ0v) is 15.1. The van der Waals surface area contributed by atoms with Gasteiger partial charge in [0, 0.05) is 18.7 Å². The molecular formula is C19H26N4O2. The Morgan fingerprint density at radius 2 is 1.84 bits per heavy atom. The van der Waals surface area contributed by atoms with Gasteiger partial charge in [0.05, 0.1) is 6.54 Å². The lowest BCUT2D eigenvalue weighted by Crippen LogP contribution is -2.42. The van der Waals surface area contributed by atoms with E-state index in [1.165, 1.54) is 16.8 Å². The summed E-state index contributed by atoms with van der Waals surface area (Å²) in [5, 5.41) is 7.11. The lowest BCUT2D eigenvalue weighted by atomic mass is 10.2. The van der Waals surface area contributed by atoms with Gasteiger partial charge in [0.1, 0.15) is 5.69 Å². The summed E-state index contributed by atoms with van der Waals surface area (Å²) >= 11 is 0. The highest BCUT2D eigenvalue weighted by Gasteiger charge is 2.14. The molecular weight excluding hydrogens is 316 g/mol. The Morgan fingerprint density at radius 1 is 1.16 bits per heavy atom. The zero-order chi connectivity index (χ0) is 18.2. The molecule has 1 aromatic carbocycles. The van der Waals surface area contributed by atoms with E-state index in [-0.39, 0.29) is 23.2 Å². The van der Waals surface area contributed by atoms with Crippen LogP contribution in [0.5, 0.6) is 0 Å². The maximum absolute atomic E-state index is 12.4. The first kappa shape index (κ1) is 18.9. The maximum atomic E-state index is 12.4. The lowest BCUT2D eigenvalue weighted by Gasteiger charge is -2.26. The van der Waals surface area contributed by atoms with Crippen LogP contribution in [0.25, 0.3) is 0 Å². The largest absolute Gasteiger partial charge is 0.349 e. The molecule has 1 heterocycles. The van der Waals surface area contributed by atoms with Gasteiger partial charge in [-0.15, -0.1) is 0 Å². The third kappa shape index (κ3) is 5.26. The molecule has 0 saturated carbocycles. The monoisotopic (exact) mass is 342 g/mol. The number of nitrogens with one attached hydrogen (secondary N) is 1. The van der Waals surface area contributed by atoms with Gasteiger partial charge < -0.3 is 5.32 Å². The van der Waals surface area contributed by atoms with Crippen molar-refractivity contribution in [3.8, 4) is 0 Å². The van der Waals surface area contributed by atoms with Gasteiger partial charge in [-0.25, -0.2) is 4.68 Å². The van der Waals surface area contributed by atoms with Gasteiger partial charge >= 0.3 is 0 Å². The zero-order valence-electron chi connectivity index (χ0n) is 15.1. The smallest absolute Gasteiger partial charge is 0.271 e. The summed E-state index contributed by atoms with van der Waals surface area (Å²) in [5.74, 6) is -0.263. The average Bonchev–Trinajstić information content (AvgIpc) is 2.63. The molecule has 25 heavy (non-hydrogen) atoms. The van der Waals surface area contributed by atoms with Crippen molar-refractivity contribution in [1.82, 2.24) is 20.0 Å². The van der Waals surface area contributed by atoms with Crippen LogP contribution in [0.15, 0.2) is 47.3 Å². The number of aromatic nitrogens is 2. The number of hydrogen-bond donors (Lipinski definition) is 1. The van der Waals surface area contributed by atoms with E-state index in [1.807, 2.05) is 30.3 Å². The third-order valence-corrected chi connectivity index (χ3v) is 4.27. The van der Waals surface area contributed by atoms with E-state index >= 15 is 0 Å². The molecule has 0 aliphatic heterocycles. The fourth-order valence-corrected chi connectivity index (χ4v) is 2.75. The van der Waals surface area contributed by atoms with Crippen molar-refractivity contribution in [3.05, 3.63) is 64.1 Å². The normalized spacial score (nSPS) is 12.2. The first-order valence-electron chi connectivity index (χ1n) is 8.69. The minimum Gasteiger partial charge on any atom is -0.349 e. The number of benzene rings is 1. The van der Waals surface area contributed by atoms with Crippen LogP contribution >= 0.6 is 0 Å². The van der Waals surface area contributed by atoms with E-state index in [2.05, 4.69) is 36.1 Å². The van der Waals surface area contributed by atoms with E-state index in [0.29, 0.717) is 13.1 Å². The Balaban J connectivity index is 2.05. The Bertz CT molecular complexity index is 739. The first-order chi connectivity index (χ1) is 12.0. The van der Waals surface area contributed by atoms with Gasteiger partial charge in [0.15, 0.2) is 0 Å². The van der Waals surface area contributed by atoms with E-state index in [1.54, 1.807) is 0 Å². The SMILES string of the molecule is CCN(CC)[C@@H](C)CNC(=O)c1ccc(=O)n(Cc2ccccc2)n1. The van der Waals surface area contributed by atoms with Gasteiger partial charge in [0.2, 0.25) is 0 Å². The summed E-state index contributed by atoms with van der Waals surface area (Å²) in [6.07, 6.45) is 0. The predicted molar refractivity (Wildman–Crippen MR) is 98.8 cm³/mol. The van der Waals surface area contributed by atoms with Crippen LogP contribution in [0.3, 0.4) is 0 Å². The molecule has 2 aromatic rings. The molecule has 0 unspecified atom stereocenters. The quantitative estimate of drug-likeness (QED) is 0.794. The first-order valence-corrected chi connectivity index (χ1v) is 8.69. The summed E-state index contributed by atoms with van der Waals surface area (Å²) in [7, 11) is 0. The standard InChI is InChI=1S/C19H26N4O2/c1-4-22(5-2)15(3)13-20-19(25)17-11-12-18(24)23(21-17)14-16-9-7-6-8-10-16/h6-12,15H,4-5,13-14H2,1-3H3,(H,20,25)/t15-/m0/s1. The molecule has 6 heteroatoms. The second-order valence-electron chi connectivity index (χ2n) is 5.98. The fourth-order valence-electron chi connectivity index (χ4n) is 2.75. The Labute approximate surface area is 148 Å². The van der Waals surface area contributed by atoms with Crippen LogP contribution in [-0.2, 0) is 6.54 Å². The molecule has 0 bridgehead atoms.